The summed E-state index contributed by atoms with van der Waals surface area (Å²) in [5.41, 5.74) is 1.62. The van der Waals surface area contributed by atoms with Crippen LogP contribution in [0.25, 0.3) is 0 Å². The first-order valence-corrected chi connectivity index (χ1v) is 5.77. The minimum Gasteiger partial charge on any atom is -0.306 e. The second-order valence-corrected chi connectivity index (χ2v) is 4.25. The number of amides is 1. The Morgan fingerprint density at radius 2 is 2.32 bits per heavy atom. The van der Waals surface area contributed by atoms with Crippen LogP contribution in [0.15, 0.2) is 35.8 Å². The van der Waals surface area contributed by atoms with Crippen LogP contribution in [0.2, 0.25) is 0 Å². The fraction of sp³-hybridized carbons (Fsp3) is 0.231. The van der Waals surface area contributed by atoms with Crippen LogP contribution >= 0.6 is 0 Å². The Labute approximate surface area is 110 Å². The zero-order valence-corrected chi connectivity index (χ0v) is 10.5. The number of carbonyl (C=O) groups excluding carboxylic acids is 1. The van der Waals surface area contributed by atoms with E-state index in [1.54, 1.807) is 19.1 Å². The summed E-state index contributed by atoms with van der Waals surface area (Å²) >= 11 is 0. The van der Waals surface area contributed by atoms with Crippen molar-refractivity contribution in [3.05, 3.63) is 41.0 Å². The highest BCUT2D eigenvalue weighted by atomic mass is 16.6. The standard InChI is InChI=1S/C13H13N3O3/c1-3-6-15-12-5-4-10(16(18)19)8-11(12)14-9(2)7-13(15)17/h3-5,8H,1,6-7H2,2H3. The van der Waals surface area contributed by atoms with E-state index in [-0.39, 0.29) is 18.0 Å². The zero-order chi connectivity index (χ0) is 14.0. The fourth-order valence-electron chi connectivity index (χ4n) is 1.97. The van der Waals surface area contributed by atoms with Crippen molar-refractivity contribution < 1.29 is 9.72 Å². The zero-order valence-electron chi connectivity index (χ0n) is 10.5. The van der Waals surface area contributed by atoms with E-state index in [2.05, 4.69) is 11.6 Å². The molecular weight excluding hydrogens is 246 g/mol. The third kappa shape index (κ3) is 2.52. The van der Waals surface area contributed by atoms with Gasteiger partial charge in [-0.05, 0) is 13.0 Å². The van der Waals surface area contributed by atoms with Gasteiger partial charge in [0, 0.05) is 24.4 Å². The molecular formula is C13H13N3O3. The molecule has 1 aromatic carbocycles. The van der Waals surface area contributed by atoms with Crippen LogP contribution in [0, 0.1) is 10.1 Å². The Kier molecular flexibility index (Phi) is 3.41. The molecule has 0 bridgehead atoms. The molecule has 98 valence electrons. The van der Waals surface area contributed by atoms with Crippen LogP contribution < -0.4 is 4.90 Å². The van der Waals surface area contributed by atoms with Crippen molar-refractivity contribution in [1.82, 2.24) is 0 Å². The molecule has 0 atom stereocenters. The number of carbonyl (C=O) groups is 1. The molecule has 1 aliphatic heterocycles. The summed E-state index contributed by atoms with van der Waals surface area (Å²) in [5, 5.41) is 10.8. The molecule has 6 heteroatoms. The van der Waals surface area contributed by atoms with Gasteiger partial charge in [-0.2, -0.15) is 0 Å². The lowest BCUT2D eigenvalue weighted by molar-refractivity contribution is -0.384. The maximum atomic E-state index is 12.1. The molecule has 2 rings (SSSR count). The van der Waals surface area contributed by atoms with Gasteiger partial charge in [0.1, 0.15) is 0 Å². The lowest BCUT2D eigenvalue weighted by Gasteiger charge is -2.20. The smallest absolute Gasteiger partial charge is 0.271 e. The lowest BCUT2D eigenvalue weighted by atomic mass is 10.2. The van der Waals surface area contributed by atoms with Gasteiger partial charge in [0.2, 0.25) is 5.91 Å². The molecule has 1 aromatic rings. The third-order valence-electron chi connectivity index (χ3n) is 2.79. The van der Waals surface area contributed by atoms with Crippen molar-refractivity contribution in [3.8, 4) is 0 Å². The molecule has 0 fully saturated rings. The van der Waals surface area contributed by atoms with Crippen LogP contribution in [0.5, 0.6) is 0 Å². The predicted octanol–water partition coefficient (Wildman–Crippen LogP) is 2.61. The van der Waals surface area contributed by atoms with Crippen molar-refractivity contribution in [1.29, 1.82) is 0 Å². The number of hydrogen-bond acceptors (Lipinski definition) is 4. The van der Waals surface area contributed by atoms with E-state index in [0.717, 1.165) is 0 Å². The summed E-state index contributed by atoms with van der Waals surface area (Å²) in [4.78, 5) is 28.2. The molecule has 1 amide bonds. The van der Waals surface area contributed by atoms with E-state index < -0.39 is 4.92 Å². The fourth-order valence-corrected chi connectivity index (χ4v) is 1.97. The Balaban J connectivity index is 2.58. The summed E-state index contributed by atoms with van der Waals surface area (Å²) in [6.45, 7) is 5.71. The van der Waals surface area contributed by atoms with Gasteiger partial charge >= 0.3 is 0 Å². The number of fused-ring (bicyclic) bond motifs is 1. The number of hydrogen-bond donors (Lipinski definition) is 0. The lowest BCUT2D eigenvalue weighted by Crippen LogP contribution is -2.31. The van der Waals surface area contributed by atoms with Gasteiger partial charge in [-0.15, -0.1) is 6.58 Å². The van der Waals surface area contributed by atoms with Crippen LogP contribution in [-0.4, -0.2) is 23.1 Å². The summed E-state index contributed by atoms with van der Waals surface area (Å²) in [5.74, 6) is -0.0891. The first-order chi connectivity index (χ1) is 9.02. The van der Waals surface area contributed by atoms with Crippen molar-refractivity contribution in [3.63, 3.8) is 0 Å². The monoisotopic (exact) mass is 259 g/mol. The molecule has 0 N–H and O–H groups in total. The van der Waals surface area contributed by atoms with Gasteiger partial charge in [-0.25, -0.2) is 0 Å². The van der Waals surface area contributed by atoms with Crippen molar-refractivity contribution in [2.24, 2.45) is 4.99 Å². The molecule has 19 heavy (non-hydrogen) atoms. The highest BCUT2D eigenvalue weighted by molar-refractivity contribution is 6.11. The number of nitrogens with zero attached hydrogens (tertiary/aromatic N) is 3. The maximum absolute atomic E-state index is 12.1. The molecule has 1 aliphatic rings. The second kappa shape index (κ2) is 5.01. The van der Waals surface area contributed by atoms with Crippen molar-refractivity contribution in [2.75, 3.05) is 11.4 Å². The van der Waals surface area contributed by atoms with E-state index >= 15 is 0 Å². The highest BCUT2D eigenvalue weighted by Gasteiger charge is 2.23. The SMILES string of the molecule is C=CCN1C(=O)CC(C)=Nc2cc([N+](=O)[O-])ccc21. The van der Waals surface area contributed by atoms with Crippen LogP contribution in [0.4, 0.5) is 17.1 Å². The molecule has 0 spiro atoms. The summed E-state index contributed by atoms with van der Waals surface area (Å²) in [6, 6.07) is 4.31. The first kappa shape index (κ1) is 12.9. The van der Waals surface area contributed by atoms with E-state index in [4.69, 9.17) is 0 Å². The van der Waals surface area contributed by atoms with Crippen molar-refractivity contribution in [2.45, 2.75) is 13.3 Å². The summed E-state index contributed by atoms with van der Waals surface area (Å²) in [7, 11) is 0. The Hall–Kier alpha value is -2.50. The third-order valence-corrected chi connectivity index (χ3v) is 2.79. The molecule has 0 aliphatic carbocycles. The molecule has 6 nitrogen and oxygen atoms in total. The van der Waals surface area contributed by atoms with Gasteiger partial charge in [0.05, 0.1) is 22.7 Å². The predicted molar refractivity (Wildman–Crippen MR) is 73.0 cm³/mol. The number of nitro benzene ring substituents is 1. The first-order valence-electron chi connectivity index (χ1n) is 5.77. The molecule has 0 saturated heterocycles. The number of non-ortho nitro benzene ring substituents is 1. The average molecular weight is 259 g/mol. The molecule has 0 saturated carbocycles. The topological polar surface area (TPSA) is 75.8 Å². The maximum Gasteiger partial charge on any atom is 0.271 e. The quantitative estimate of drug-likeness (QED) is 0.475. The highest BCUT2D eigenvalue weighted by Crippen LogP contribution is 2.35. The number of rotatable bonds is 3. The second-order valence-electron chi connectivity index (χ2n) is 4.25. The van der Waals surface area contributed by atoms with Crippen LogP contribution in [0.3, 0.4) is 0 Å². The largest absolute Gasteiger partial charge is 0.306 e. The Morgan fingerprint density at radius 1 is 1.58 bits per heavy atom. The molecule has 1 heterocycles. The normalized spacial score (nSPS) is 14.5. The minimum atomic E-state index is -0.477. The van der Waals surface area contributed by atoms with Gasteiger partial charge in [0.15, 0.2) is 0 Å². The van der Waals surface area contributed by atoms with E-state index in [1.807, 2.05) is 0 Å². The van der Waals surface area contributed by atoms with Crippen LogP contribution in [-0.2, 0) is 4.79 Å². The number of nitro groups is 1. The van der Waals surface area contributed by atoms with Gasteiger partial charge < -0.3 is 4.90 Å². The molecule has 0 aromatic heterocycles. The van der Waals surface area contributed by atoms with Gasteiger partial charge in [-0.3, -0.25) is 19.9 Å². The number of benzene rings is 1. The summed E-state index contributed by atoms with van der Waals surface area (Å²) in [6.07, 6.45) is 1.82. The summed E-state index contributed by atoms with van der Waals surface area (Å²) < 4.78 is 0. The molecule has 0 radical (unpaired) electrons. The average Bonchev–Trinajstić information content (AvgIpc) is 2.46. The van der Waals surface area contributed by atoms with E-state index in [1.165, 1.54) is 17.0 Å². The Morgan fingerprint density at radius 3 is 2.95 bits per heavy atom. The Bertz CT molecular complexity index is 593. The van der Waals surface area contributed by atoms with E-state index in [0.29, 0.717) is 23.6 Å². The van der Waals surface area contributed by atoms with E-state index in [9.17, 15) is 14.9 Å². The van der Waals surface area contributed by atoms with Crippen molar-refractivity contribution >= 4 is 28.7 Å². The van der Waals surface area contributed by atoms with Gasteiger partial charge in [-0.1, -0.05) is 6.08 Å². The van der Waals surface area contributed by atoms with Crippen LogP contribution in [0.1, 0.15) is 13.3 Å². The number of aliphatic imine (C=N–C) groups is 1. The minimum absolute atomic E-state index is 0.0387. The molecule has 0 unspecified atom stereocenters. The number of anilines is 1. The van der Waals surface area contributed by atoms with Gasteiger partial charge in [0.25, 0.3) is 5.69 Å².